The van der Waals surface area contributed by atoms with Gasteiger partial charge in [-0.2, -0.15) is 4.98 Å². The third-order valence-corrected chi connectivity index (χ3v) is 2.79. The molecule has 7 heteroatoms. The van der Waals surface area contributed by atoms with Crippen LogP contribution in [0.3, 0.4) is 0 Å². The second kappa shape index (κ2) is 5.48. The summed E-state index contributed by atoms with van der Waals surface area (Å²) < 4.78 is 10.3. The standard InChI is InChI=1S/C10H14ClN3O3/c1-16-10-12-4-8(11)9(13-10)14-2-3-17-7(5-14)6-15/h4,7,15H,2-3,5-6H2,1H3. The van der Waals surface area contributed by atoms with E-state index in [0.29, 0.717) is 30.5 Å². The van der Waals surface area contributed by atoms with E-state index in [2.05, 4.69) is 9.97 Å². The maximum Gasteiger partial charge on any atom is 0.318 e. The lowest BCUT2D eigenvalue weighted by molar-refractivity contribution is 0.00333. The molecular weight excluding hydrogens is 246 g/mol. The normalized spacial score (nSPS) is 20.4. The summed E-state index contributed by atoms with van der Waals surface area (Å²) in [4.78, 5) is 10.1. The predicted molar refractivity (Wildman–Crippen MR) is 62.6 cm³/mol. The Hall–Kier alpha value is -1.11. The van der Waals surface area contributed by atoms with Gasteiger partial charge in [-0.1, -0.05) is 11.6 Å². The summed E-state index contributed by atoms with van der Waals surface area (Å²) in [5.74, 6) is 0.611. The van der Waals surface area contributed by atoms with Crippen LogP contribution in [0.15, 0.2) is 6.20 Å². The Labute approximate surface area is 104 Å². The lowest BCUT2D eigenvalue weighted by atomic mass is 10.3. The van der Waals surface area contributed by atoms with Gasteiger partial charge in [-0.05, 0) is 0 Å². The second-order valence-corrected chi connectivity index (χ2v) is 4.06. The molecule has 1 atom stereocenters. The van der Waals surface area contributed by atoms with E-state index >= 15 is 0 Å². The number of ether oxygens (including phenoxy) is 2. The lowest BCUT2D eigenvalue weighted by Crippen LogP contribution is -2.44. The van der Waals surface area contributed by atoms with Crippen molar-refractivity contribution >= 4 is 17.4 Å². The Morgan fingerprint density at radius 2 is 2.53 bits per heavy atom. The largest absolute Gasteiger partial charge is 0.467 e. The molecule has 0 aliphatic carbocycles. The third kappa shape index (κ3) is 2.77. The highest BCUT2D eigenvalue weighted by Gasteiger charge is 2.23. The van der Waals surface area contributed by atoms with Gasteiger partial charge >= 0.3 is 6.01 Å². The van der Waals surface area contributed by atoms with Crippen molar-refractivity contribution in [2.75, 3.05) is 38.3 Å². The molecule has 0 bridgehead atoms. The molecule has 1 aromatic heterocycles. The van der Waals surface area contributed by atoms with Gasteiger partial charge in [0.05, 0.1) is 32.6 Å². The van der Waals surface area contributed by atoms with E-state index in [9.17, 15) is 0 Å². The zero-order valence-corrected chi connectivity index (χ0v) is 10.2. The molecule has 0 spiro atoms. The first-order chi connectivity index (χ1) is 8.24. The first-order valence-electron chi connectivity index (χ1n) is 5.28. The minimum atomic E-state index is -0.208. The maximum atomic E-state index is 9.08. The topological polar surface area (TPSA) is 67.7 Å². The molecule has 0 aromatic carbocycles. The number of hydrogen-bond acceptors (Lipinski definition) is 6. The highest BCUT2D eigenvalue weighted by molar-refractivity contribution is 6.32. The number of rotatable bonds is 3. The number of anilines is 1. The molecule has 1 N–H and O–H groups in total. The van der Waals surface area contributed by atoms with E-state index in [4.69, 9.17) is 26.2 Å². The van der Waals surface area contributed by atoms with Crippen molar-refractivity contribution in [1.29, 1.82) is 0 Å². The number of methoxy groups -OCH3 is 1. The molecule has 2 rings (SSSR count). The Bertz CT molecular complexity index is 391. The fraction of sp³-hybridized carbons (Fsp3) is 0.600. The Balaban J connectivity index is 2.20. The summed E-state index contributed by atoms with van der Waals surface area (Å²) in [7, 11) is 1.50. The number of aromatic nitrogens is 2. The number of halogens is 1. The Kier molecular flexibility index (Phi) is 3.98. The average molecular weight is 260 g/mol. The number of nitrogens with zero attached hydrogens (tertiary/aromatic N) is 3. The molecule has 2 heterocycles. The van der Waals surface area contributed by atoms with Crippen molar-refractivity contribution in [3.05, 3.63) is 11.2 Å². The summed E-state index contributed by atoms with van der Waals surface area (Å²) in [5.41, 5.74) is 0. The van der Waals surface area contributed by atoms with E-state index in [1.54, 1.807) is 0 Å². The van der Waals surface area contributed by atoms with Crippen molar-refractivity contribution in [2.45, 2.75) is 6.10 Å². The van der Waals surface area contributed by atoms with E-state index < -0.39 is 0 Å². The number of morpholine rings is 1. The second-order valence-electron chi connectivity index (χ2n) is 3.65. The number of hydrogen-bond donors (Lipinski definition) is 1. The molecule has 1 aliphatic rings. The van der Waals surface area contributed by atoms with Crippen LogP contribution in [0.5, 0.6) is 6.01 Å². The highest BCUT2D eigenvalue weighted by atomic mass is 35.5. The van der Waals surface area contributed by atoms with Gasteiger partial charge in [0.1, 0.15) is 5.02 Å². The summed E-state index contributed by atoms with van der Waals surface area (Å²) in [6, 6.07) is 0.274. The van der Waals surface area contributed by atoms with Gasteiger partial charge in [-0.25, -0.2) is 4.98 Å². The van der Waals surface area contributed by atoms with Crippen molar-refractivity contribution < 1.29 is 14.6 Å². The molecule has 1 unspecified atom stereocenters. The van der Waals surface area contributed by atoms with Crippen LogP contribution < -0.4 is 9.64 Å². The highest BCUT2D eigenvalue weighted by Crippen LogP contribution is 2.25. The molecule has 1 fully saturated rings. The molecule has 0 saturated carbocycles. The fourth-order valence-electron chi connectivity index (χ4n) is 1.68. The Morgan fingerprint density at radius 3 is 3.24 bits per heavy atom. The van der Waals surface area contributed by atoms with Crippen molar-refractivity contribution in [1.82, 2.24) is 9.97 Å². The molecule has 1 aromatic rings. The Morgan fingerprint density at radius 1 is 1.71 bits per heavy atom. The van der Waals surface area contributed by atoms with Gasteiger partial charge in [0.2, 0.25) is 0 Å². The first kappa shape index (κ1) is 12.3. The molecule has 1 aliphatic heterocycles. The van der Waals surface area contributed by atoms with E-state index in [1.807, 2.05) is 4.90 Å². The van der Waals surface area contributed by atoms with Gasteiger partial charge in [-0.15, -0.1) is 0 Å². The zero-order chi connectivity index (χ0) is 12.3. The molecule has 0 amide bonds. The SMILES string of the molecule is COc1ncc(Cl)c(N2CCOC(CO)C2)n1. The summed E-state index contributed by atoms with van der Waals surface area (Å²) in [6.45, 7) is 1.75. The number of aliphatic hydroxyl groups excluding tert-OH is 1. The number of aliphatic hydroxyl groups is 1. The minimum Gasteiger partial charge on any atom is -0.467 e. The molecule has 94 valence electrons. The molecular formula is C10H14ClN3O3. The van der Waals surface area contributed by atoms with Crippen molar-refractivity contribution in [3.8, 4) is 6.01 Å². The van der Waals surface area contributed by atoms with Crippen LogP contribution in [0, 0.1) is 0 Å². The molecule has 1 saturated heterocycles. The summed E-state index contributed by atoms with van der Waals surface area (Å²) >= 11 is 6.05. The van der Waals surface area contributed by atoms with E-state index in [0.717, 1.165) is 0 Å². The predicted octanol–water partition coefficient (Wildman–Crippen LogP) is 0.336. The van der Waals surface area contributed by atoms with Crippen LogP contribution in [0.25, 0.3) is 0 Å². The smallest absolute Gasteiger partial charge is 0.318 e. The first-order valence-corrected chi connectivity index (χ1v) is 5.66. The molecule has 0 radical (unpaired) electrons. The van der Waals surface area contributed by atoms with Gasteiger partial charge < -0.3 is 19.5 Å². The summed E-state index contributed by atoms with van der Waals surface area (Å²) in [5, 5.41) is 9.55. The van der Waals surface area contributed by atoms with Crippen LogP contribution in [-0.2, 0) is 4.74 Å². The van der Waals surface area contributed by atoms with E-state index in [-0.39, 0.29) is 18.7 Å². The van der Waals surface area contributed by atoms with Crippen LogP contribution in [0.2, 0.25) is 5.02 Å². The zero-order valence-electron chi connectivity index (χ0n) is 9.47. The molecule has 6 nitrogen and oxygen atoms in total. The van der Waals surface area contributed by atoms with Gasteiger partial charge in [0.15, 0.2) is 5.82 Å². The van der Waals surface area contributed by atoms with Gasteiger partial charge in [0, 0.05) is 13.1 Å². The van der Waals surface area contributed by atoms with Crippen LogP contribution in [0.4, 0.5) is 5.82 Å². The summed E-state index contributed by atoms with van der Waals surface area (Å²) in [6.07, 6.45) is 1.30. The van der Waals surface area contributed by atoms with Crippen LogP contribution >= 0.6 is 11.6 Å². The van der Waals surface area contributed by atoms with Gasteiger partial charge in [-0.3, -0.25) is 0 Å². The lowest BCUT2D eigenvalue weighted by Gasteiger charge is -2.33. The monoisotopic (exact) mass is 259 g/mol. The van der Waals surface area contributed by atoms with Crippen molar-refractivity contribution in [2.24, 2.45) is 0 Å². The third-order valence-electron chi connectivity index (χ3n) is 2.53. The quantitative estimate of drug-likeness (QED) is 0.844. The van der Waals surface area contributed by atoms with E-state index in [1.165, 1.54) is 13.3 Å². The van der Waals surface area contributed by atoms with Crippen molar-refractivity contribution in [3.63, 3.8) is 0 Å². The van der Waals surface area contributed by atoms with Crippen LogP contribution in [0.1, 0.15) is 0 Å². The minimum absolute atomic E-state index is 0.0175. The van der Waals surface area contributed by atoms with Gasteiger partial charge in [0.25, 0.3) is 0 Å². The maximum absolute atomic E-state index is 9.08. The molecule has 17 heavy (non-hydrogen) atoms. The average Bonchev–Trinajstić information content (AvgIpc) is 2.39. The fourth-order valence-corrected chi connectivity index (χ4v) is 1.90. The van der Waals surface area contributed by atoms with Crippen LogP contribution in [-0.4, -0.2) is 54.6 Å².